The second-order valence-electron chi connectivity index (χ2n) is 7.27. The summed E-state index contributed by atoms with van der Waals surface area (Å²) in [5.41, 5.74) is -0.755. The Kier molecular flexibility index (Phi) is 5.34. The summed E-state index contributed by atoms with van der Waals surface area (Å²) < 4.78 is 32.5. The average molecular weight is 440 g/mol. The first-order chi connectivity index (χ1) is 14.8. The Morgan fingerprint density at radius 2 is 2.00 bits per heavy atom. The Balaban J connectivity index is 1.47. The minimum absolute atomic E-state index is 0.0297. The number of amides is 2. The molecule has 2 amide bonds. The summed E-state index contributed by atoms with van der Waals surface area (Å²) in [6.45, 7) is 1.69. The fraction of sp³-hybridized carbons (Fsp3) is 0.190. The molecule has 0 aliphatic carbocycles. The zero-order valence-electron chi connectivity index (χ0n) is 16.6. The second-order valence-corrected chi connectivity index (χ2v) is 9.03. The first kappa shape index (κ1) is 20.8. The highest BCUT2D eigenvalue weighted by Crippen LogP contribution is 2.29. The first-order valence-corrected chi connectivity index (χ1v) is 11.0. The van der Waals surface area contributed by atoms with E-state index in [1.807, 2.05) is 0 Å². The number of fused-ring (bicyclic) bond motifs is 1. The van der Waals surface area contributed by atoms with Crippen LogP contribution in [0.15, 0.2) is 81.4 Å². The van der Waals surface area contributed by atoms with Crippen LogP contribution in [0, 0.1) is 0 Å². The number of nitrogens with zero attached hydrogens (tertiary/aromatic N) is 2. The van der Waals surface area contributed by atoms with Gasteiger partial charge in [0.1, 0.15) is 17.1 Å². The fourth-order valence-corrected chi connectivity index (χ4v) is 4.32. The number of carbonyl (C=O) groups excluding carboxylic acids is 2. The molecule has 4 rings (SSSR count). The lowest BCUT2D eigenvalue weighted by molar-refractivity contribution is -0.130. The number of hydrogen-bond acceptors (Lipinski definition) is 6. The van der Waals surface area contributed by atoms with Gasteiger partial charge in [-0.2, -0.15) is 4.99 Å². The molecule has 2 aromatic rings. The molecule has 10 heteroatoms. The summed E-state index contributed by atoms with van der Waals surface area (Å²) in [4.78, 5) is 30.8. The normalized spacial score (nSPS) is 20.4. The van der Waals surface area contributed by atoms with Crippen molar-refractivity contribution in [2.45, 2.75) is 30.3 Å². The van der Waals surface area contributed by atoms with Gasteiger partial charge in [-0.1, -0.05) is 6.08 Å². The third-order valence-electron chi connectivity index (χ3n) is 5.03. The van der Waals surface area contributed by atoms with Gasteiger partial charge in [-0.05, 0) is 55.5 Å². The number of sulfonamides is 1. The lowest BCUT2D eigenvalue weighted by atomic mass is 9.91. The number of aliphatic imine (C=N–C) groups is 1. The van der Waals surface area contributed by atoms with E-state index in [0.717, 1.165) is 0 Å². The molecule has 9 nitrogen and oxygen atoms in total. The van der Waals surface area contributed by atoms with E-state index in [0.29, 0.717) is 17.3 Å². The van der Waals surface area contributed by atoms with E-state index in [4.69, 9.17) is 4.42 Å². The molecule has 0 spiro atoms. The Hall–Kier alpha value is -3.50. The number of amidine groups is 1. The molecule has 0 fully saturated rings. The molecule has 2 N–H and O–H groups in total. The second kappa shape index (κ2) is 7.97. The van der Waals surface area contributed by atoms with Gasteiger partial charge in [0.25, 0.3) is 11.8 Å². The van der Waals surface area contributed by atoms with Crippen molar-refractivity contribution in [1.82, 2.24) is 9.62 Å². The number of benzene rings is 1. The number of furan rings is 1. The van der Waals surface area contributed by atoms with Crippen LogP contribution >= 0.6 is 0 Å². The van der Waals surface area contributed by atoms with Crippen LogP contribution < -0.4 is 10.0 Å². The van der Waals surface area contributed by atoms with E-state index < -0.39 is 21.5 Å². The highest BCUT2D eigenvalue weighted by atomic mass is 32.2. The van der Waals surface area contributed by atoms with Crippen LogP contribution in [0.25, 0.3) is 0 Å². The van der Waals surface area contributed by atoms with E-state index in [-0.39, 0.29) is 23.8 Å². The van der Waals surface area contributed by atoms with Crippen LogP contribution in [0.4, 0.5) is 5.69 Å². The molecule has 1 aromatic heterocycles. The van der Waals surface area contributed by atoms with Crippen molar-refractivity contribution in [2.24, 2.45) is 4.99 Å². The Morgan fingerprint density at radius 3 is 2.71 bits per heavy atom. The van der Waals surface area contributed by atoms with E-state index in [9.17, 15) is 18.0 Å². The average Bonchev–Trinajstić information content (AvgIpc) is 3.26. The standard InChI is InChI=1S/C21H20N4O5S/c1-21(13-19(26)24-18-6-2-3-11-25(18)21)20(27)23-15-7-9-17(10-8-15)31(28,29)22-14-16-5-4-12-30-16/h2-12,22H,13-14H2,1H3,(H,23,27). The maximum Gasteiger partial charge on any atom is 0.250 e. The molecule has 2 aliphatic rings. The maximum absolute atomic E-state index is 13.0. The van der Waals surface area contributed by atoms with Crippen molar-refractivity contribution in [1.29, 1.82) is 0 Å². The number of carbonyl (C=O) groups is 2. The molecule has 160 valence electrons. The molecule has 0 saturated heterocycles. The number of anilines is 1. The van der Waals surface area contributed by atoms with Crippen molar-refractivity contribution >= 4 is 33.4 Å². The lowest BCUT2D eigenvalue weighted by Gasteiger charge is -2.41. The molecule has 1 unspecified atom stereocenters. The zero-order chi connectivity index (χ0) is 22.1. The van der Waals surface area contributed by atoms with Crippen molar-refractivity contribution < 1.29 is 22.4 Å². The minimum Gasteiger partial charge on any atom is -0.468 e. The Labute approximate surface area is 179 Å². The molecule has 2 aliphatic heterocycles. The van der Waals surface area contributed by atoms with Crippen molar-refractivity contribution in [3.63, 3.8) is 0 Å². The molecular weight excluding hydrogens is 420 g/mol. The maximum atomic E-state index is 13.0. The third-order valence-corrected chi connectivity index (χ3v) is 6.45. The number of hydrogen-bond donors (Lipinski definition) is 2. The van der Waals surface area contributed by atoms with Gasteiger partial charge in [0.15, 0.2) is 0 Å². The van der Waals surface area contributed by atoms with Crippen molar-refractivity contribution in [2.75, 3.05) is 5.32 Å². The van der Waals surface area contributed by atoms with Gasteiger partial charge in [-0.3, -0.25) is 9.59 Å². The van der Waals surface area contributed by atoms with Crippen molar-refractivity contribution in [3.8, 4) is 0 Å². The zero-order valence-corrected chi connectivity index (χ0v) is 17.4. The predicted molar refractivity (Wildman–Crippen MR) is 113 cm³/mol. The molecule has 0 saturated carbocycles. The van der Waals surface area contributed by atoms with Gasteiger partial charge in [0.2, 0.25) is 10.0 Å². The van der Waals surface area contributed by atoms with Gasteiger partial charge >= 0.3 is 0 Å². The smallest absolute Gasteiger partial charge is 0.250 e. The molecule has 0 bridgehead atoms. The van der Waals surface area contributed by atoms with E-state index in [1.54, 1.807) is 48.4 Å². The Morgan fingerprint density at radius 1 is 1.23 bits per heavy atom. The number of nitrogens with one attached hydrogen (secondary N) is 2. The van der Waals surface area contributed by atoms with Crippen LogP contribution in [0.3, 0.4) is 0 Å². The lowest BCUT2D eigenvalue weighted by Crippen LogP contribution is -2.58. The highest BCUT2D eigenvalue weighted by Gasteiger charge is 2.45. The fourth-order valence-electron chi connectivity index (χ4n) is 3.32. The summed E-state index contributed by atoms with van der Waals surface area (Å²) in [7, 11) is -3.75. The first-order valence-electron chi connectivity index (χ1n) is 9.47. The molecule has 31 heavy (non-hydrogen) atoms. The molecule has 0 radical (unpaired) electrons. The summed E-state index contributed by atoms with van der Waals surface area (Å²) in [5.74, 6) is 0.111. The van der Waals surface area contributed by atoms with Gasteiger partial charge in [0.05, 0.1) is 24.1 Å². The minimum atomic E-state index is -3.75. The van der Waals surface area contributed by atoms with Crippen LogP contribution in [0.5, 0.6) is 0 Å². The van der Waals surface area contributed by atoms with E-state index >= 15 is 0 Å². The van der Waals surface area contributed by atoms with E-state index in [1.165, 1.54) is 30.5 Å². The van der Waals surface area contributed by atoms with Crippen LogP contribution in [0.2, 0.25) is 0 Å². The van der Waals surface area contributed by atoms with Gasteiger partial charge in [0, 0.05) is 11.9 Å². The SMILES string of the molecule is CC1(C(=O)Nc2ccc(S(=O)(=O)NCc3ccco3)cc2)CC(=O)N=C2C=CC=CN21. The third kappa shape index (κ3) is 4.21. The largest absolute Gasteiger partial charge is 0.468 e. The van der Waals surface area contributed by atoms with Crippen LogP contribution in [-0.2, 0) is 26.2 Å². The van der Waals surface area contributed by atoms with Gasteiger partial charge in [-0.25, -0.2) is 13.1 Å². The van der Waals surface area contributed by atoms with E-state index in [2.05, 4.69) is 15.0 Å². The monoisotopic (exact) mass is 440 g/mol. The van der Waals surface area contributed by atoms with Crippen molar-refractivity contribution in [3.05, 3.63) is 72.8 Å². The van der Waals surface area contributed by atoms with Crippen LogP contribution in [0.1, 0.15) is 19.1 Å². The molecule has 3 heterocycles. The van der Waals surface area contributed by atoms with Gasteiger partial charge in [-0.15, -0.1) is 0 Å². The van der Waals surface area contributed by atoms with Gasteiger partial charge < -0.3 is 14.6 Å². The number of rotatable bonds is 6. The summed E-state index contributed by atoms with van der Waals surface area (Å²) in [6, 6.07) is 9.12. The van der Waals surface area contributed by atoms with Crippen LogP contribution in [-0.4, -0.2) is 36.5 Å². The topological polar surface area (TPSA) is 121 Å². The number of allylic oxidation sites excluding steroid dienone is 2. The summed E-state index contributed by atoms with van der Waals surface area (Å²) >= 11 is 0. The summed E-state index contributed by atoms with van der Waals surface area (Å²) in [6.07, 6.45) is 8.25. The summed E-state index contributed by atoms with van der Waals surface area (Å²) in [5, 5.41) is 2.76. The molecule has 1 atom stereocenters. The molecular formula is C21H20N4O5S. The quantitative estimate of drug-likeness (QED) is 0.710. The molecule has 1 aromatic carbocycles. The predicted octanol–water partition coefficient (Wildman–Crippen LogP) is 2.17. The highest BCUT2D eigenvalue weighted by molar-refractivity contribution is 7.89. The Bertz CT molecular complexity index is 1200.